The van der Waals surface area contributed by atoms with Crippen molar-refractivity contribution in [2.45, 2.75) is 38.8 Å². The number of fused-ring (bicyclic) bond motifs is 1. The molecule has 3 rings (SSSR count). The van der Waals surface area contributed by atoms with Crippen molar-refractivity contribution >= 4 is 15.9 Å². The van der Waals surface area contributed by atoms with Crippen LogP contribution in [0.5, 0.6) is 0 Å². The second-order valence-electron chi connectivity index (χ2n) is 5.16. The van der Waals surface area contributed by atoms with Crippen LogP contribution in [0.15, 0.2) is 33.3 Å². The van der Waals surface area contributed by atoms with E-state index in [2.05, 4.69) is 44.6 Å². The molecule has 0 saturated carbocycles. The van der Waals surface area contributed by atoms with Crippen molar-refractivity contribution in [3.63, 3.8) is 0 Å². The highest BCUT2D eigenvalue weighted by molar-refractivity contribution is 9.10. The summed E-state index contributed by atoms with van der Waals surface area (Å²) in [5.41, 5.74) is 3.92. The Kier molecular flexibility index (Phi) is 3.71. The second kappa shape index (κ2) is 5.47. The van der Waals surface area contributed by atoms with Gasteiger partial charge in [0, 0.05) is 23.1 Å². The lowest BCUT2D eigenvalue weighted by molar-refractivity contribution is 0.382. The van der Waals surface area contributed by atoms with Crippen LogP contribution in [0.1, 0.15) is 29.0 Å². The first-order chi connectivity index (χ1) is 9.20. The van der Waals surface area contributed by atoms with Crippen molar-refractivity contribution in [2.75, 3.05) is 0 Å². The van der Waals surface area contributed by atoms with Gasteiger partial charge in [-0.1, -0.05) is 27.2 Å². The van der Waals surface area contributed by atoms with Gasteiger partial charge < -0.3 is 9.84 Å². The molecule has 0 fully saturated rings. The summed E-state index contributed by atoms with van der Waals surface area (Å²) in [6.07, 6.45) is 3.42. The van der Waals surface area contributed by atoms with Crippen LogP contribution >= 0.6 is 15.9 Å². The maximum Gasteiger partial charge on any atom is 0.133 e. The number of aryl methyl sites for hydroxylation is 2. The van der Waals surface area contributed by atoms with Crippen LogP contribution in [-0.4, -0.2) is 11.2 Å². The van der Waals surface area contributed by atoms with Gasteiger partial charge in [0.05, 0.1) is 5.69 Å². The molecule has 100 valence electrons. The van der Waals surface area contributed by atoms with Crippen LogP contribution in [0.4, 0.5) is 0 Å². The van der Waals surface area contributed by atoms with Crippen LogP contribution in [0, 0.1) is 6.92 Å². The molecule has 0 spiro atoms. The van der Waals surface area contributed by atoms with Gasteiger partial charge in [0.15, 0.2) is 0 Å². The minimum atomic E-state index is 0.533. The zero-order valence-corrected chi connectivity index (χ0v) is 12.5. The first-order valence-electron chi connectivity index (χ1n) is 6.63. The Morgan fingerprint density at radius 2 is 2.26 bits per heavy atom. The molecule has 19 heavy (non-hydrogen) atoms. The van der Waals surface area contributed by atoms with Gasteiger partial charge in [0.25, 0.3) is 0 Å². The zero-order valence-electron chi connectivity index (χ0n) is 10.9. The number of aromatic nitrogens is 1. The van der Waals surface area contributed by atoms with Crippen molar-refractivity contribution in [1.29, 1.82) is 0 Å². The van der Waals surface area contributed by atoms with Crippen molar-refractivity contribution in [3.05, 3.63) is 51.3 Å². The fraction of sp³-hybridized carbons (Fsp3) is 0.400. The quantitative estimate of drug-likeness (QED) is 0.942. The van der Waals surface area contributed by atoms with E-state index in [9.17, 15) is 0 Å². The molecule has 1 atom stereocenters. The highest BCUT2D eigenvalue weighted by Gasteiger charge is 2.18. The predicted molar refractivity (Wildman–Crippen MR) is 78.0 cm³/mol. The van der Waals surface area contributed by atoms with E-state index in [-0.39, 0.29) is 0 Å². The van der Waals surface area contributed by atoms with Crippen molar-refractivity contribution in [2.24, 2.45) is 0 Å². The third-order valence-corrected chi connectivity index (χ3v) is 4.14. The molecule has 0 bridgehead atoms. The van der Waals surface area contributed by atoms with Gasteiger partial charge in [-0.05, 0) is 49.4 Å². The number of hydrogen-bond donors (Lipinski definition) is 1. The third-order valence-electron chi connectivity index (χ3n) is 3.65. The number of halogens is 1. The molecule has 0 saturated heterocycles. The Hall–Kier alpha value is -1.13. The van der Waals surface area contributed by atoms with Gasteiger partial charge in [0.1, 0.15) is 5.76 Å². The summed E-state index contributed by atoms with van der Waals surface area (Å²) < 4.78 is 6.26. The minimum absolute atomic E-state index is 0.533. The third kappa shape index (κ3) is 3.07. The number of nitrogens with one attached hydrogen (secondary N) is 1. The highest BCUT2D eigenvalue weighted by atomic mass is 79.9. The monoisotopic (exact) mass is 320 g/mol. The summed E-state index contributed by atoms with van der Waals surface area (Å²) in [4.78, 5) is 0. The van der Waals surface area contributed by atoms with Crippen LogP contribution in [0.3, 0.4) is 0 Å². The van der Waals surface area contributed by atoms with Gasteiger partial charge in [-0.15, -0.1) is 0 Å². The molecule has 0 amide bonds. The molecule has 2 aromatic rings. The van der Waals surface area contributed by atoms with Crippen LogP contribution in [0.25, 0.3) is 0 Å². The number of rotatable bonds is 3. The van der Waals surface area contributed by atoms with E-state index >= 15 is 0 Å². The lowest BCUT2D eigenvalue weighted by atomic mass is 9.88. The molecular weight excluding hydrogens is 304 g/mol. The lowest BCUT2D eigenvalue weighted by Crippen LogP contribution is -2.34. The van der Waals surface area contributed by atoms with Gasteiger partial charge in [-0.3, -0.25) is 0 Å². The largest absolute Gasteiger partial charge is 0.361 e. The maximum atomic E-state index is 5.08. The number of nitrogens with zero attached hydrogens (tertiary/aromatic N) is 1. The SMILES string of the molecule is Cc1cc(CNC2CCc3cc(Br)ccc3C2)no1. The molecule has 1 aliphatic carbocycles. The van der Waals surface area contributed by atoms with E-state index in [1.54, 1.807) is 0 Å². The van der Waals surface area contributed by atoms with E-state index in [0.29, 0.717) is 6.04 Å². The molecule has 1 aliphatic rings. The van der Waals surface area contributed by atoms with Gasteiger partial charge >= 0.3 is 0 Å². The molecule has 0 radical (unpaired) electrons. The average Bonchev–Trinajstić information content (AvgIpc) is 2.82. The summed E-state index contributed by atoms with van der Waals surface area (Å²) >= 11 is 3.53. The normalized spacial score (nSPS) is 18.3. The lowest BCUT2D eigenvalue weighted by Gasteiger charge is -2.25. The summed E-state index contributed by atoms with van der Waals surface area (Å²) in [5.74, 6) is 0.871. The molecule has 1 aromatic heterocycles. The first-order valence-corrected chi connectivity index (χ1v) is 7.43. The van der Waals surface area contributed by atoms with Gasteiger partial charge in [-0.2, -0.15) is 0 Å². The first kappa shape index (κ1) is 12.9. The van der Waals surface area contributed by atoms with Crippen LogP contribution < -0.4 is 5.32 Å². The molecule has 1 N–H and O–H groups in total. The Morgan fingerprint density at radius 1 is 1.37 bits per heavy atom. The van der Waals surface area contributed by atoms with E-state index in [4.69, 9.17) is 4.52 Å². The molecule has 0 aliphatic heterocycles. The summed E-state index contributed by atoms with van der Waals surface area (Å²) in [7, 11) is 0. The van der Waals surface area contributed by atoms with E-state index in [0.717, 1.165) is 30.8 Å². The van der Waals surface area contributed by atoms with Crippen molar-refractivity contribution in [3.8, 4) is 0 Å². The van der Waals surface area contributed by atoms with Gasteiger partial charge in [0.2, 0.25) is 0 Å². The Labute approximate surface area is 121 Å². The molecule has 1 heterocycles. The Morgan fingerprint density at radius 3 is 3.05 bits per heavy atom. The summed E-state index contributed by atoms with van der Waals surface area (Å²) in [6, 6.07) is 9.12. The predicted octanol–water partition coefficient (Wildman–Crippen LogP) is 3.39. The average molecular weight is 321 g/mol. The molecule has 1 unspecified atom stereocenters. The second-order valence-corrected chi connectivity index (χ2v) is 6.08. The minimum Gasteiger partial charge on any atom is -0.361 e. The van der Waals surface area contributed by atoms with E-state index < -0.39 is 0 Å². The van der Waals surface area contributed by atoms with E-state index in [1.165, 1.54) is 22.0 Å². The molecule has 3 nitrogen and oxygen atoms in total. The standard InChI is InChI=1S/C15H17BrN2O/c1-10-6-15(18-19-10)9-17-14-5-3-11-7-13(16)4-2-12(11)8-14/h2,4,6-7,14,17H,3,5,8-9H2,1H3. The highest BCUT2D eigenvalue weighted by Crippen LogP contribution is 2.24. The fourth-order valence-corrected chi connectivity index (χ4v) is 3.06. The van der Waals surface area contributed by atoms with Crippen LogP contribution in [-0.2, 0) is 19.4 Å². The van der Waals surface area contributed by atoms with Crippen LogP contribution in [0.2, 0.25) is 0 Å². The maximum absolute atomic E-state index is 5.08. The Balaban J connectivity index is 1.61. The molecule has 4 heteroatoms. The van der Waals surface area contributed by atoms with Gasteiger partial charge in [-0.25, -0.2) is 0 Å². The summed E-state index contributed by atoms with van der Waals surface area (Å²) in [5, 5.41) is 7.58. The van der Waals surface area contributed by atoms with Crippen molar-refractivity contribution in [1.82, 2.24) is 10.5 Å². The Bertz CT molecular complexity index is 579. The van der Waals surface area contributed by atoms with Crippen molar-refractivity contribution < 1.29 is 4.52 Å². The molecule has 1 aromatic carbocycles. The zero-order chi connectivity index (χ0) is 13.2. The smallest absolute Gasteiger partial charge is 0.133 e. The fourth-order valence-electron chi connectivity index (χ4n) is 2.65. The summed E-state index contributed by atoms with van der Waals surface area (Å²) in [6.45, 7) is 2.71. The number of hydrogen-bond acceptors (Lipinski definition) is 3. The van der Waals surface area contributed by atoms with E-state index in [1.807, 2.05) is 13.0 Å². The number of benzene rings is 1. The molecular formula is C15H17BrN2O. The topological polar surface area (TPSA) is 38.1 Å².